The number of H-pyrrole nitrogens is 1. The Bertz CT molecular complexity index is 3680. The molecule has 5 aromatic carbocycles. The maximum Gasteiger partial charge on any atom is 0.410 e. The zero-order chi connectivity index (χ0) is 59.7. The summed E-state index contributed by atoms with van der Waals surface area (Å²) in [5, 5.41) is 29.5. The Morgan fingerprint density at radius 2 is 1.63 bits per heavy atom. The molecule has 0 saturated carbocycles. The molecule has 4 aliphatic heterocycles. The fourth-order valence-corrected chi connectivity index (χ4v) is 11.5. The minimum Gasteiger partial charge on any atom is -0.490 e. The second kappa shape index (κ2) is 24.2. The van der Waals surface area contributed by atoms with E-state index in [0.717, 1.165) is 65.9 Å². The summed E-state index contributed by atoms with van der Waals surface area (Å²) in [6.07, 6.45) is 4.38. The SMILES string of the molecule is CC(C)N1CC(c2cccc(Nc3ncc4cc(-c5n[nH]nc5CO)c(OC5CCN(C(=O)OC(C)(C)C)CC5)cc4n3)c2)N(c2ccc(N3CCN(c4ccc(OC[C@H]5OC[C@](Cn6cncn6)(c6ccc(F)cc6F)O5)cc4)CC3)cc2)C1=O. The maximum absolute atomic E-state index is 15.1. The van der Waals surface area contributed by atoms with Gasteiger partial charge in [0.2, 0.25) is 5.95 Å². The number of nitrogens with one attached hydrogen (secondary N) is 2. The van der Waals surface area contributed by atoms with Crippen LogP contribution in [0.5, 0.6) is 11.5 Å². The summed E-state index contributed by atoms with van der Waals surface area (Å²) in [4.78, 5) is 50.9. The van der Waals surface area contributed by atoms with Gasteiger partial charge in [0.05, 0.1) is 31.3 Å². The minimum atomic E-state index is -1.27. The van der Waals surface area contributed by atoms with Gasteiger partial charge in [-0.25, -0.2) is 38.0 Å². The molecule has 4 aliphatic rings. The number of fused-ring (bicyclic) bond motifs is 1. The van der Waals surface area contributed by atoms with Crippen molar-refractivity contribution in [2.45, 2.75) is 96.3 Å². The smallest absolute Gasteiger partial charge is 0.410 e. The molecule has 4 fully saturated rings. The van der Waals surface area contributed by atoms with Crippen molar-refractivity contribution in [3.63, 3.8) is 0 Å². The Labute approximate surface area is 495 Å². The Balaban J connectivity index is 0.681. The molecule has 4 saturated heterocycles. The number of benzene rings is 5. The normalized spacial score (nSPS) is 19.5. The van der Waals surface area contributed by atoms with Crippen LogP contribution in [-0.2, 0) is 33.0 Å². The van der Waals surface area contributed by atoms with E-state index in [1.54, 1.807) is 11.1 Å². The van der Waals surface area contributed by atoms with E-state index in [2.05, 4.69) is 52.7 Å². The van der Waals surface area contributed by atoms with E-state index in [1.165, 1.54) is 29.5 Å². The monoisotopic (exact) mass is 1170 g/mol. The molecule has 22 nitrogen and oxygen atoms in total. The van der Waals surface area contributed by atoms with Crippen LogP contribution in [-0.4, -0.2) is 150 Å². The van der Waals surface area contributed by atoms with Crippen molar-refractivity contribution < 1.29 is 47.2 Å². The number of nitrogens with zero attached hydrogens (tertiary/aromatic N) is 12. The van der Waals surface area contributed by atoms with Crippen molar-refractivity contribution >= 4 is 51.7 Å². The highest BCUT2D eigenvalue weighted by molar-refractivity contribution is 5.96. The third-order valence-electron chi connectivity index (χ3n) is 15.9. The summed E-state index contributed by atoms with van der Waals surface area (Å²) >= 11 is 0. The fraction of sp³-hybridized carbons (Fsp3) is 0.387. The zero-order valence-electron chi connectivity index (χ0n) is 48.5. The number of amides is 3. The summed E-state index contributed by atoms with van der Waals surface area (Å²) in [5.74, 6) is 0.0522. The summed E-state index contributed by atoms with van der Waals surface area (Å²) in [5.41, 5.74) is 4.94. The second-order valence-electron chi connectivity index (χ2n) is 23.2. The van der Waals surface area contributed by atoms with E-state index in [0.29, 0.717) is 72.4 Å². The van der Waals surface area contributed by atoms with Gasteiger partial charge < -0.3 is 53.7 Å². The number of aliphatic hydroxyl groups is 1. The zero-order valence-corrected chi connectivity index (χ0v) is 48.5. The molecular formula is C62H68F2N14O8. The molecule has 3 amide bonds. The van der Waals surface area contributed by atoms with Gasteiger partial charge in [-0.3, -0.25) is 4.90 Å². The maximum atomic E-state index is 15.1. The summed E-state index contributed by atoms with van der Waals surface area (Å²) in [6, 6.07) is 30.8. The first-order valence-corrected chi connectivity index (χ1v) is 28.9. The summed E-state index contributed by atoms with van der Waals surface area (Å²) in [6.45, 7) is 14.0. The first kappa shape index (κ1) is 57.4. The van der Waals surface area contributed by atoms with E-state index in [1.807, 2.05) is 117 Å². The number of carbonyl (C=O) groups is 2. The summed E-state index contributed by atoms with van der Waals surface area (Å²) < 4.78 is 61.2. The largest absolute Gasteiger partial charge is 0.490 e. The molecule has 3 N–H and O–H groups in total. The third-order valence-corrected chi connectivity index (χ3v) is 15.9. The lowest BCUT2D eigenvalue weighted by Gasteiger charge is -2.37. The van der Waals surface area contributed by atoms with Crippen molar-refractivity contribution in [2.75, 3.05) is 79.0 Å². The molecule has 0 bridgehead atoms. The van der Waals surface area contributed by atoms with Gasteiger partial charge in [-0.05, 0) is 113 Å². The number of urea groups is 1. The van der Waals surface area contributed by atoms with Crippen LogP contribution in [0.2, 0.25) is 0 Å². The van der Waals surface area contributed by atoms with Crippen molar-refractivity contribution in [3.05, 3.63) is 150 Å². The highest BCUT2D eigenvalue weighted by atomic mass is 19.1. The Morgan fingerprint density at radius 3 is 2.31 bits per heavy atom. The number of hydrogen-bond acceptors (Lipinski definition) is 17. The number of anilines is 5. The molecule has 0 radical (unpaired) electrons. The third kappa shape index (κ3) is 12.4. The Kier molecular flexibility index (Phi) is 16.1. The van der Waals surface area contributed by atoms with Gasteiger partial charge >= 0.3 is 12.1 Å². The van der Waals surface area contributed by atoms with Gasteiger partial charge in [0.25, 0.3) is 0 Å². The Morgan fingerprint density at radius 1 is 0.895 bits per heavy atom. The van der Waals surface area contributed by atoms with Crippen molar-refractivity contribution in [1.29, 1.82) is 0 Å². The lowest BCUT2D eigenvalue weighted by atomic mass is 9.94. The first-order valence-electron chi connectivity index (χ1n) is 28.9. The highest BCUT2D eigenvalue weighted by Crippen LogP contribution is 2.41. The van der Waals surface area contributed by atoms with Crippen LogP contribution in [0.1, 0.15) is 70.3 Å². The first-order chi connectivity index (χ1) is 41.5. The number of aromatic nitrogens is 8. The molecule has 3 aromatic heterocycles. The molecule has 12 rings (SSSR count). The van der Waals surface area contributed by atoms with E-state index < -0.39 is 29.1 Å². The van der Waals surface area contributed by atoms with Gasteiger partial charge in [0, 0.05) is 122 Å². The molecule has 24 heteroatoms. The standard InChI is InChI=1S/C62H68F2N14O8/c1-39(2)77-32-54(40-7-6-8-43(27-40)68-58-66-31-41-28-49(57-53(33-79)70-72-71-57)55(30-52(41)69-58)84-48-19-21-75(22-20-48)60(81)86-61(3,4)5)78(59(77)80)46-12-10-44(11-13-46)73-23-25-74(26-24-73)45-14-16-47(17-15-45)82-34-56-83-36-62(85-56,35-76-38-65-37-67-76)50-18-9-42(63)29-51(50)64/h6-18,27-31,37-39,48,54,56,79H,19-26,32-36H2,1-5H3,(H,66,68,69)(H,70,71,72)/t54?,56-,62+/m0/s1. The predicted molar refractivity (Wildman–Crippen MR) is 316 cm³/mol. The quantitative estimate of drug-likeness (QED) is 0.0771. The van der Waals surface area contributed by atoms with E-state index >= 15 is 4.39 Å². The van der Waals surface area contributed by atoms with Crippen molar-refractivity contribution in [3.8, 4) is 22.8 Å². The second-order valence-corrected chi connectivity index (χ2v) is 23.2. The van der Waals surface area contributed by atoms with Crippen LogP contribution in [0, 0.1) is 11.6 Å². The number of rotatable bonds is 17. The molecule has 7 heterocycles. The fourth-order valence-electron chi connectivity index (χ4n) is 11.5. The van der Waals surface area contributed by atoms with Crippen LogP contribution in [0.4, 0.5) is 47.1 Å². The van der Waals surface area contributed by atoms with Crippen LogP contribution in [0.3, 0.4) is 0 Å². The van der Waals surface area contributed by atoms with Gasteiger partial charge in [-0.1, -0.05) is 18.2 Å². The molecule has 0 aliphatic carbocycles. The van der Waals surface area contributed by atoms with Gasteiger partial charge in [0.15, 0.2) is 6.29 Å². The minimum absolute atomic E-state index is 0.00258. The lowest BCUT2D eigenvalue weighted by Crippen LogP contribution is -2.46. The predicted octanol–water partition coefficient (Wildman–Crippen LogP) is 9.36. The molecule has 0 spiro atoms. The lowest BCUT2D eigenvalue weighted by molar-refractivity contribution is -0.117. The molecule has 1 unspecified atom stereocenters. The van der Waals surface area contributed by atoms with Gasteiger partial charge in [-0.2, -0.15) is 20.5 Å². The number of piperazine rings is 1. The number of likely N-dealkylation sites (tertiary alicyclic amines) is 1. The van der Waals surface area contributed by atoms with Crippen molar-refractivity contribution in [1.82, 2.24) is 49.9 Å². The highest BCUT2D eigenvalue weighted by Gasteiger charge is 2.46. The van der Waals surface area contributed by atoms with E-state index in [9.17, 15) is 19.1 Å². The number of carbonyl (C=O) groups excluding carboxylic acids is 2. The molecule has 8 aromatic rings. The van der Waals surface area contributed by atoms with Crippen molar-refractivity contribution in [2.24, 2.45) is 0 Å². The Hall–Kier alpha value is -9.00. The molecule has 3 atom stereocenters. The van der Waals surface area contributed by atoms with E-state index in [-0.39, 0.29) is 62.2 Å². The number of halogens is 2. The molecule has 86 heavy (non-hydrogen) atoms. The van der Waals surface area contributed by atoms with Crippen LogP contribution in [0.15, 0.2) is 122 Å². The van der Waals surface area contributed by atoms with Crippen LogP contribution < -0.4 is 29.5 Å². The molecule has 448 valence electrons. The molecular weight excluding hydrogens is 1110 g/mol. The van der Waals surface area contributed by atoms with Crippen LogP contribution >= 0.6 is 0 Å². The average Bonchev–Trinajstić information content (AvgIpc) is 2.05. The number of ether oxygens (including phenoxy) is 5. The number of hydrogen-bond donors (Lipinski definition) is 3. The van der Waals surface area contributed by atoms with Gasteiger partial charge in [-0.15, -0.1) is 0 Å². The van der Waals surface area contributed by atoms with Gasteiger partial charge in [0.1, 0.15) is 71.1 Å². The topological polar surface area (TPSA) is 227 Å². The number of aliphatic hydroxyl groups excluding tert-OH is 1. The number of aromatic amines is 1. The van der Waals surface area contributed by atoms with E-state index in [4.69, 9.17) is 33.7 Å². The van der Waals surface area contributed by atoms with Crippen LogP contribution in [0.25, 0.3) is 22.2 Å². The number of piperidine rings is 1. The average molecular weight is 1180 g/mol. The summed E-state index contributed by atoms with van der Waals surface area (Å²) in [7, 11) is 0.